The van der Waals surface area contributed by atoms with Crippen molar-refractivity contribution in [2.75, 3.05) is 19.0 Å². The Kier molecular flexibility index (Phi) is 8.66. The first-order valence-corrected chi connectivity index (χ1v) is 11.5. The molecule has 1 amide bonds. The van der Waals surface area contributed by atoms with Gasteiger partial charge in [0.15, 0.2) is 0 Å². The van der Waals surface area contributed by atoms with Crippen LogP contribution in [0.4, 0.5) is 5.69 Å². The number of halogens is 1. The third-order valence-corrected chi connectivity index (χ3v) is 5.97. The molecular formula is C24H29ClN4O3S. The highest BCUT2D eigenvalue weighted by atomic mass is 35.5. The van der Waals surface area contributed by atoms with Gasteiger partial charge in [-0.05, 0) is 44.5 Å². The van der Waals surface area contributed by atoms with Gasteiger partial charge in [0.1, 0.15) is 16.8 Å². The van der Waals surface area contributed by atoms with Gasteiger partial charge in [0, 0.05) is 54.3 Å². The molecule has 1 aromatic heterocycles. The Morgan fingerprint density at radius 3 is 2.94 bits per heavy atom. The van der Waals surface area contributed by atoms with E-state index in [4.69, 9.17) is 33.3 Å². The number of nitrogens with zero attached hydrogens (tertiary/aromatic N) is 1. The van der Waals surface area contributed by atoms with Crippen LogP contribution in [0.3, 0.4) is 0 Å². The van der Waals surface area contributed by atoms with Crippen molar-refractivity contribution in [1.29, 1.82) is 0 Å². The minimum absolute atomic E-state index is 0.0191. The van der Waals surface area contributed by atoms with Crippen molar-refractivity contribution in [2.45, 2.75) is 45.9 Å². The first-order chi connectivity index (χ1) is 15.8. The number of nitrogens with one attached hydrogen (secondary N) is 3. The van der Waals surface area contributed by atoms with E-state index in [9.17, 15) is 4.79 Å². The van der Waals surface area contributed by atoms with E-state index < -0.39 is 0 Å². The van der Waals surface area contributed by atoms with Crippen LogP contribution in [0.25, 0.3) is 0 Å². The minimum atomic E-state index is -0.214. The molecule has 1 unspecified atom stereocenters. The molecule has 0 aliphatic carbocycles. The number of aromatic nitrogens is 1. The van der Waals surface area contributed by atoms with Crippen molar-refractivity contribution in [3.8, 4) is 5.75 Å². The summed E-state index contributed by atoms with van der Waals surface area (Å²) >= 11 is 11.9. The van der Waals surface area contributed by atoms with Gasteiger partial charge in [0.2, 0.25) is 0 Å². The predicted molar refractivity (Wildman–Crippen MR) is 135 cm³/mol. The van der Waals surface area contributed by atoms with E-state index in [0.29, 0.717) is 40.9 Å². The molecule has 9 heteroatoms. The molecule has 1 aliphatic heterocycles. The Bertz CT molecular complexity index is 1060. The van der Waals surface area contributed by atoms with Crippen LogP contribution in [-0.4, -0.2) is 41.7 Å². The molecule has 7 nitrogen and oxygen atoms in total. The molecule has 2 heterocycles. The molecule has 0 saturated heterocycles. The Labute approximate surface area is 204 Å². The molecule has 176 valence electrons. The lowest BCUT2D eigenvalue weighted by atomic mass is 10.0. The fraction of sp³-hybridized carbons (Fsp3) is 0.375. The van der Waals surface area contributed by atoms with Crippen molar-refractivity contribution in [1.82, 2.24) is 15.6 Å². The molecule has 0 bridgehead atoms. The summed E-state index contributed by atoms with van der Waals surface area (Å²) < 4.78 is 11.1. The van der Waals surface area contributed by atoms with E-state index in [2.05, 4.69) is 20.9 Å². The monoisotopic (exact) mass is 488 g/mol. The highest BCUT2D eigenvalue weighted by molar-refractivity contribution is 7.81. The number of hydrogen-bond donors (Lipinski definition) is 3. The molecule has 0 spiro atoms. The number of benzene rings is 1. The van der Waals surface area contributed by atoms with E-state index in [1.165, 1.54) is 0 Å². The summed E-state index contributed by atoms with van der Waals surface area (Å²) in [5, 5.41) is 10.2. The van der Waals surface area contributed by atoms with E-state index >= 15 is 0 Å². The number of ether oxygens (including phenoxy) is 2. The first kappa shape index (κ1) is 25.0. The standard InChI is InChI=1S/C24H29ClN4O3S/c1-14-10-20(27-11-17-8-9-26-12-21(17)32-15(2)13-31-4)22(23(30)28-14)24(33)29-19-7-5-6-18(25)16(19)3/h5-9,12,14-15,27H,10-11,13H2,1-4H3,(H,28,30)(H,29,33)/t14-,15?/m1/s1. The van der Waals surface area contributed by atoms with Gasteiger partial charge < -0.3 is 25.4 Å². The number of amides is 1. The Morgan fingerprint density at radius 2 is 2.18 bits per heavy atom. The molecule has 2 aromatic rings. The quantitative estimate of drug-likeness (QED) is 0.457. The topological polar surface area (TPSA) is 84.5 Å². The van der Waals surface area contributed by atoms with Crippen LogP contribution in [0, 0.1) is 6.92 Å². The molecular weight excluding hydrogens is 460 g/mol. The fourth-order valence-corrected chi connectivity index (χ4v) is 4.07. The van der Waals surface area contributed by atoms with Crippen LogP contribution >= 0.6 is 23.8 Å². The van der Waals surface area contributed by atoms with E-state index in [1.807, 2.05) is 45.0 Å². The molecule has 2 atom stereocenters. The van der Waals surface area contributed by atoms with Gasteiger partial charge in [0.25, 0.3) is 5.91 Å². The highest BCUT2D eigenvalue weighted by Crippen LogP contribution is 2.26. The summed E-state index contributed by atoms with van der Waals surface area (Å²) in [6.45, 7) is 6.72. The second kappa shape index (κ2) is 11.4. The van der Waals surface area contributed by atoms with Gasteiger partial charge in [-0.1, -0.05) is 29.9 Å². The maximum absolute atomic E-state index is 12.9. The number of carbonyl (C=O) groups is 1. The fourth-order valence-electron chi connectivity index (χ4n) is 3.57. The maximum Gasteiger partial charge on any atom is 0.256 e. The number of thiocarbonyl (C=S) groups is 1. The van der Waals surface area contributed by atoms with Gasteiger partial charge >= 0.3 is 0 Å². The minimum Gasteiger partial charge on any atom is -0.486 e. The molecule has 1 aromatic carbocycles. The third-order valence-electron chi connectivity index (χ3n) is 5.25. The zero-order chi connectivity index (χ0) is 24.0. The SMILES string of the molecule is COCC(C)Oc1cnccc1CNC1=C(C(=S)Nc2cccc(Cl)c2C)C(=O)N[C@H](C)C1. The average molecular weight is 489 g/mol. The van der Waals surface area contributed by atoms with Gasteiger partial charge in [0.05, 0.1) is 18.4 Å². The Hall–Kier alpha value is -2.68. The summed E-state index contributed by atoms with van der Waals surface area (Å²) in [5.41, 5.74) is 3.75. The van der Waals surface area contributed by atoms with Crippen LogP contribution in [-0.2, 0) is 16.1 Å². The van der Waals surface area contributed by atoms with Crippen LogP contribution in [0.2, 0.25) is 5.02 Å². The second-order valence-electron chi connectivity index (χ2n) is 8.02. The lowest BCUT2D eigenvalue weighted by molar-refractivity contribution is -0.118. The van der Waals surface area contributed by atoms with Crippen LogP contribution in [0.5, 0.6) is 5.75 Å². The molecule has 3 rings (SSSR count). The zero-order valence-electron chi connectivity index (χ0n) is 19.2. The number of methoxy groups -OCH3 is 1. The number of rotatable bonds is 9. The summed E-state index contributed by atoms with van der Waals surface area (Å²) in [6, 6.07) is 7.40. The molecule has 33 heavy (non-hydrogen) atoms. The van der Waals surface area contributed by atoms with Gasteiger partial charge in [-0.25, -0.2) is 0 Å². The largest absolute Gasteiger partial charge is 0.486 e. The number of carbonyl (C=O) groups excluding carboxylic acids is 1. The van der Waals surface area contributed by atoms with Gasteiger partial charge in [-0.2, -0.15) is 0 Å². The van der Waals surface area contributed by atoms with Crippen molar-refractivity contribution < 1.29 is 14.3 Å². The number of pyridine rings is 1. The maximum atomic E-state index is 12.9. The predicted octanol–water partition coefficient (Wildman–Crippen LogP) is 4.15. The van der Waals surface area contributed by atoms with Gasteiger partial charge in [-0.15, -0.1) is 0 Å². The normalized spacial score (nSPS) is 16.8. The van der Waals surface area contributed by atoms with Crippen LogP contribution < -0.4 is 20.7 Å². The van der Waals surface area contributed by atoms with Crippen LogP contribution in [0.15, 0.2) is 47.9 Å². The lowest BCUT2D eigenvalue weighted by Gasteiger charge is -2.27. The second-order valence-corrected chi connectivity index (χ2v) is 8.83. The van der Waals surface area contributed by atoms with Crippen molar-refractivity contribution >= 4 is 40.4 Å². The average Bonchev–Trinajstić information content (AvgIpc) is 2.76. The summed E-state index contributed by atoms with van der Waals surface area (Å²) in [6.07, 6.45) is 3.90. The molecule has 0 radical (unpaired) electrons. The van der Waals surface area contributed by atoms with E-state index in [0.717, 1.165) is 22.5 Å². The highest BCUT2D eigenvalue weighted by Gasteiger charge is 2.28. The smallest absolute Gasteiger partial charge is 0.256 e. The summed E-state index contributed by atoms with van der Waals surface area (Å²) in [4.78, 5) is 17.4. The number of hydrogen-bond acceptors (Lipinski definition) is 6. The van der Waals surface area contributed by atoms with Crippen molar-refractivity contribution in [2.24, 2.45) is 0 Å². The molecule has 3 N–H and O–H groups in total. The first-order valence-electron chi connectivity index (χ1n) is 10.7. The van der Waals surface area contributed by atoms with E-state index in [1.54, 1.807) is 19.5 Å². The van der Waals surface area contributed by atoms with Crippen molar-refractivity contribution in [3.05, 3.63) is 64.1 Å². The van der Waals surface area contributed by atoms with Crippen molar-refractivity contribution in [3.63, 3.8) is 0 Å². The van der Waals surface area contributed by atoms with Crippen LogP contribution in [0.1, 0.15) is 31.4 Å². The van der Waals surface area contributed by atoms with Gasteiger partial charge in [-0.3, -0.25) is 9.78 Å². The summed E-state index contributed by atoms with van der Waals surface area (Å²) in [7, 11) is 1.64. The zero-order valence-corrected chi connectivity index (χ0v) is 20.8. The Morgan fingerprint density at radius 1 is 1.39 bits per heavy atom. The molecule has 1 aliphatic rings. The van der Waals surface area contributed by atoms with E-state index in [-0.39, 0.29) is 18.1 Å². The summed E-state index contributed by atoms with van der Waals surface area (Å²) in [5.74, 6) is 0.452. The molecule has 0 saturated carbocycles. The number of anilines is 1. The Balaban J connectivity index is 1.83. The molecule has 0 fully saturated rings. The lowest BCUT2D eigenvalue weighted by Crippen LogP contribution is -2.44. The third kappa shape index (κ3) is 6.43.